The molecule has 4 nitrogen and oxygen atoms in total. The molecule has 0 atom stereocenters. The van der Waals surface area contributed by atoms with Crippen molar-refractivity contribution in [3.05, 3.63) is 23.8 Å². The monoisotopic (exact) mass is 283 g/mol. The number of nitrogen functional groups attached to an aromatic ring is 1. The lowest BCUT2D eigenvalue weighted by atomic mass is 9.96. The van der Waals surface area contributed by atoms with Crippen molar-refractivity contribution in [1.82, 2.24) is 5.32 Å². The van der Waals surface area contributed by atoms with Crippen molar-refractivity contribution < 1.29 is 13.6 Å². The minimum atomic E-state index is -0.622. The Morgan fingerprint density at radius 3 is 2.40 bits per heavy atom. The summed E-state index contributed by atoms with van der Waals surface area (Å²) in [5.74, 6) is -0.941. The van der Waals surface area contributed by atoms with Gasteiger partial charge in [0, 0.05) is 32.2 Å². The SMILES string of the molecule is CC(=O)NCC1CCN(c2c(F)cc(N)cc2F)CC1. The molecular weight excluding hydrogens is 264 g/mol. The average Bonchev–Trinajstić information content (AvgIpc) is 2.36. The van der Waals surface area contributed by atoms with Gasteiger partial charge in [-0.3, -0.25) is 4.79 Å². The topological polar surface area (TPSA) is 58.4 Å². The first-order chi connectivity index (χ1) is 9.47. The molecule has 110 valence electrons. The van der Waals surface area contributed by atoms with Gasteiger partial charge in [-0.05, 0) is 30.9 Å². The molecule has 1 aliphatic heterocycles. The van der Waals surface area contributed by atoms with Gasteiger partial charge in [0.05, 0.1) is 0 Å². The molecular formula is C14H19F2N3O. The highest BCUT2D eigenvalue weighted by Gasteiger charge is 2.24. The number of anilines is 2. The molecule has 0 aliphatic carbocycles. The number of hydrogen-bond acceptors (Lipinski definition) is 3. The Hall–Kier alpha value is -1.85. The minimum Gasteiger partial charge on any atom is -0.399 e. The highest BCUT2D eigenvalue weighted by atomic mass is 19.1. The van der Waals surface area contributed by atoms with E-state index in [9.17, 15) is 13.6 Å². The van der Waals surface area contributed by atoms with Crippen LogP contribution in [0.3, 0.4) is 0 Å². The van der Waals surface area contributed by atoms with Gasteiger partial charge in [0.2, 0.25) is 5.91 Å². The number of amides is 1. The fourth-order valence-corrected chi connectivity index (χ4v) is 2.54. The zero-order chi connectivity index (χ0) is 14.7. The van der Waals surface area contributed by atoms with Gasteiger partial charge in [0.25, 0.3) is 0 Å². The summed E-state index contributed by atoms with van der Waals surface area (Å²) in [5.41, 5.74) is 5.49. The Morgan fingerprint density at radius 1 is 1.35 bits per heavy atom. The molecule has 1 amide bonds. The average molecular weight is 283 g/mol. The lowest BCUT2D eigenvalue weighted by Crippen LogP contribution is -2.39. The fourth-order valence-electron chi connectivity index (χ4n) is 2.54. The number of carbonyl (C=O) groups is 1. The first kappa shape index (κ1) is 14.6. The van der Waals surface area contributed by atoms with Crippen LogP contribution in [0.1, 0.15) is 19.8 Å². The standard InChI is InChI=1S/C14H19F2N3O/c1-9(20)18-8-10-2-4-19(5-3-10)14-12(15)6-11(17)7-13(14)16/h6-7,10H,2-5,8,17H2,1H3,(H,18,20). The number of benzene rings is 1. The van der Waals surface area contributed by atoms with E-state index in [2.05, 4.69) is 5.32 Å². The second-order valence-electron chi connectivity index (χ2n) is 5.20. The van der Waals surface area contributed by atoms with Crippen LogP contribution in [0.2, 0.25) is 0 Å². The predicted molar refractivity (Wildman–Crippen MR) is 74.4 cm³/mol. The van der Waals surface area contributed by atoms with Crippen LogP contribution in [0, 0.1) is 17.6 Å². The Bertz CT molecular complexity index is 476. The van der Waals surface area contributed by atoms with Crippen molar-refractivity contribution in [2.24, 2.45) is 5.92 Å². The maximum atomic E-state index is 13.8. The molecule has 0 radical (unpaired) electrons. The summed E-state index contributed by atoms with van der Waals surface area (Å²) in [6.07, 6.45) is 1.59. The molecule has 0 unspecified atom stereocenters. The zero-order valence-corrected chi connectivity index (χ0v) is 11.5. The number of rotatable bonds is 3. The van der Waals surface area contributed by atoms with E-state index in [1.807, 2.05) is 0 Å². The van der Waals surface area contributed by atoms with E-state index < -0.39 is 11.6 Å². The summed E-state index contributed by atoms with van der Waals surface area (Å²) in [7, 11) is 0. The highest BCUT2D eigenvalue weighted by molar-refractivity contribution is 5.72. The van der Waals surface area contributed by atoms with Crippen molar-refractivity contribution in [2.45, 2.75) is 19.8 Å². The van der Waals surface area contributed by atoms with Crippen molar-refractivity contribution in [3.8, 4) is 0 Å². The van der Waals surface area contributed by atoms with Crippen LogP contribution in [-0.4, -0.2) is 25.5 Å². The maximum Gasteiger partial charge on any atom is 0.216 e. The van der Waals surface area contributed by atoms with Crippen LogP contribution >= 0.6 is 0 Å². The molecule has 3 N–H and O–H groups in total. The van der Waals surface area contributed by atoms with Gasteiger partial charge in [0.1, 0.15) is 5.69 Å². The summed E-state index contributed by atoms with van der Waals surface area (Å²) in [4.78, 5) is 12.6. The second-order valence-corrected chi connectivity index (χ2v) is 5.20. The van der Waals surface area contributed by atoms with Gasteiger partial charge >= 0.3 is 0 Å². The number of piperidine rings is 1. The summed E-state index contributed by atoms with van der Waals surface area (Å²) in [6.45, 7) is 3.24. The van der Waals surface area contributed by atoms with Crippen molar-refractivity contribution >= 4 is 17.3 Å². The van der Waals surface area contributed by atoms with Crippen LogP contribution < -0.4 is 16.0 Å². The van der Waals surface area contributed by atoms with Gasteiger partial charge in [-0.15, -0.1) is 0 Å². The van der Waals surface area contributed by atoms with Crippen LogP contribution in [0.15, 0.2) is 12.1 Å². The van der Waals surface area contributed by atoms with Crippen molar-refractivity contribution in [3.63, 3.8) is 0 Å². The van der Waals surface area contributed by atoms with Gasteiger partial charge < -0.3 is 16.0 Å². The fraction of sp³-hybridized carbons (Fsp3) is 0.500. The van der Waals surface area contributed by atoms with Crippen LogP contribution in [0.5, 0.6) is 0 Å². The highest BCUT2D eigenvalue weighted by Crippen LogP contribution is 2.29. The second kappa shape index (κ2) is 6.07. The quantitative estimate of drug-likeness (QED) is 0.833. The summed E-state index contributed by atoms with van der Waals surface area (Å²) in [6, 6.07) is 2.28. The lowest BCUT2D eigenvalue weighted by molar-refractivity contribution is -0.119. The Kier molecular flexibility index (Phi) is 4.42. The van der Waals surface area contributed by atoms with Gasteiger partial charge in [-0.25, -0.2) is 8.78 Å². The number of nitrogens with one attached hydrogen (secondary N) is 1. The van der Waals surface area contributed by atoms with E-state index in [1.54, 1.807) is 4.90 Å². The Balaban J connectivity index is 1.99. The Labute approximate surface area is 116 Å². The van der Waals surface area contributed by atoms with E-state index in [0.29, 0.717) is 25.6 Å². The molecule has 1 aromatic carbocycles. The predicted octanol–water partition coefficient (Wildman–Crippen LogP) is 1.90. The number of nitrogens with zero attached hydrogens (tertiary/aromatic N) is 1. The smallest absolute Gasteiger partial charge is 0.216 e. The minimum absolute atomic E-state index is 0.00261. The summed E-state index contributed by atoms with van der Waals surface area (Å²) in [5, 5.41) is 2.78. The van der Waals surface area contributed by atoms with E-state index in [1.165, 1.54) is 6.92 Å². The van der Waals surface area contributed by atoms with Crippen LogP contribution in [0.4, 0.5) is 20.2 Å². The molecule has 6 heteroatoms. The first-order valence-corrected chi connectivity index (χ1v) is 6.71. The van der Waals surface area contributed by atoms with Crippen LogP contribution in [-0.2, 0) is 4.79 Å². The summed E-state index contributed by atoms with van der Waals surface area (Å²) >= 11 is 0. The van der Waals surface area contributed by atoms with E-state index in [4.69, 9.17) is 5.73 Å². The largest absolute Gasteiger partial charge is 0.399 e. The molecule has 1 heterocycles. The molecule has 0 bridgehead atoms. The van der Waals surface area contributed by atoms with E-state index >= 15 is 0 Å². The van der Waals surface area contributed by atoms with Crippen molar-refractivity contribution in [2.75, 3.05) is 30.3 Å². The molecule has 0 aromatic heterocycles. The molecule has 1 aliphatic rings. The van der Waals surface area contributed by atoms with E-state index in [0.717, 1.165) is 25.0 Å². The maximum absolute atomic E-state index is 13.8. The lowest BCUT2D eigenvalue weighted by Gasteiger charge is -2.34. The molecule has 20 heavy (non-hydrogen) atoms. The Morgan fingerprint density at radius 2 is 1.90 bits per heavy atom. The van der Waals surface area contributed by atoms with Crippen LogP contribution in [0.25, 0.3) is 0 Å². The summed E-state index contributed by atoms with van der Waals surface area (Å²) < 4.78 is 27.7. The molecule has 0 spiro atoms. The number of hydrogen-bond donors (Lipinski definition) is 2. The van der Waals surface area contributed by atoms with Gasteiger partial charge in [-0.2, -0.15) is 0 Å². The third-order valence-electron chi connectivity index (χ3n) is 3.61. The van der Waals surface area contributed by atoms with Crippen molar-refractivity contribution in [1.29, 1.82) is 0 Å². The van der Waals surface area contributed by atoms with E-state index in [-0.39, 0.29) is 17.3 Å². The first-order valence-electron chi connectivity index (χ1n) is 6.71. The molecule has 1 saturated heterocycles. The number of halogens is 2. The zero-order valence-electron chi connectivity index (χ0n) is 11.5. The molecule has 2 rings (SSSR count). The normalized spacial score (nSPS) is 16.2. The van der Waals surface area contributed by atoms with Gasteiger partial charge in [0.15, 0.2) is 11.6 Å². The third-order valence-corrected chi connectivity index (χ3v) is 3.61. The molecule has 1 aromatic rings. The molecule has 0 saturated carbocycles. The number of nitrogens with two attached hydrogens (primary N) is 1. The molecule has 1 fully saturated rings. The number of carbonyl (C=O) groups excluding carboxylic acids is 1. The third kappa shape index (κ3) is 3.37. The van der Waals surface area contributed by atoms with Gasteiger partial charge in [-0.1, -0.05) is 0 Å².